The second kappa shape index (κ2) is 9.53. The number of benzene rings is 1. The van der Waals surface area contributed by atoms with Crippen LogP contribution in [0.25, 0.3) is 0 Å². The van der Waals surface area contributed by atoms with Crippen molar-refractivity contribution in [2.24, 2.45) is 10.2 Å². The molecule has 2 aliphatic rings. The molecule has 1 unspecified atom stereocenters. The number of anilines is 2. The summed E-state index contributed by atoms with van der Waals surface area (Å²) < 4.78 is 0. The van der Waals surface area contributed by atoms with E-state index >= 15 is 0 Å². The maximum atomic E-state index is 12.4. The minimum Gasteiger partial charge on any atom is -0.372 e. The summed E-state index contributed by atoms with van der Waals surface area (Å²) in [4.78, 5) is 30.8. The Kier molecular flexibility index (Phi) is 6.38. The van der Waals surface area contributed by atoms with Crippen molar-refractivity contribution in [3.05, 3.63) is 54.4 Å². The van der Waals surface area contributed by atoms with Crippen LogP contribution in [0.4, 0.5) is 11.4 Å². The molecule has 2 amide bonds. The van der Waals surface area contributed by atoms with Crippen molar-refractivity contribution in [2.75, 3.05) is 23.3 Å². The maximum absolute atomic E-state index is 12.4. The molecule has 2 aromatic rings. The molecular formula is C21H22N6O2S. The van der Waals surface area contributed by atoms with Gasteiger partial charge in [-0.25, -0.2) is 0 Å². The number of carbonyl (C=O) groups is 2. The van der Waals surface area contributed by atoms with Gasteiger partial charge in [0.1, 0.15) is 5.25 Å². The topological polar surface area (TPSA) is 99.0 Å². The standard InChI is InChI=1S/C21H22N6O2S/c28-19(24-16-5-7-17(8-6-16)27-10-1-2-11-27)12-18-20(29)25-21(30-18)26-23-14-15-4-3-9-22-13-15/h3-9,13-14,18H,1-2,10-12H2,(H,24,28)(H,25,26,29)/b23-14+. The fraction of sp³-hybridized carbons (Fsp3) is 0.286. The highest BCUT2D eigenvalue weighted by Gasteiger charge is 2.32. The number of hydrogen-bond donors (Lipinski definition) is 2. The maximum Gasteiger partial charge on any atom is 0.240 e. The van der Waals surface area contributed by atoms with Gasteiger partial charge in [0.15, 0.2) is 5.17 Å². The third kappa shape index (κ3) is 5.24. The quantitative estimate of drug-likeness (QED) is 0.551. The number of hydrogen-bond acceptors (Lipinski definition) is 7. The summed E-state index contributed by atoms with van der Waals surface area (Å²) in [7, 11) is 0. The van der Waals surface area contributed by atoms with Crippen LogP contribution in [0.2, 0.25) is 0 Å². The summed E-state index contributed by atoms with van der Waals surface area (Å²) in [6.07, 6.45) is 7.40. The highest BCUT2D eigenvalue weighted by molar-refractivity contribution is 8.15. The summed E-state index contributed by atoms with van der Waals surface area (Å²) in [6.45, 7) is 2.16. The molecule has 0 radical (unpaired) electrons. The number of rotatable bonds is 6. The number of amidine groups is 1. The molecule has 2 aliphatic heterocycles. The molecular weight excluding hydrogens is 400 g/mol. The minimum absolute atomic E-state index is 0.0652. The SMILES string of the molecule is O=C(CC1S/C(=N/N=C/c2cccnc2)NC1=O)Nc1ccc(N2CCCC2)cc1. The van der Waals surface area contributed by atoms with E-state index in [2.05, 4.69) is 30.7 Å². The van der Waals surface area contributed by atoms with Gasteiger partial charge >= 0.3 is 0 Å². The minimum atomic E-state index is -0.527. The van der Waals surface area contributed by atoms with Gasteiger partial charge in [0.25, 0.3) is 0 Å². The molecule has 0 bridgehead atoms. The fourth-order valence-electron chi connectivity index (χ4n) is 3.30. The molecule has 30 heavy (non-hydrogen) atoms. The van der Waals surface area contributed by atoms with E-state index in [9.17, 15) is 9.59 Å². The molecule has 2 saturated heterocycles. The highest BCUT2D eigenvalue weighted by Crippen LogP contribution is 2.24. The van der Waals surface area contributed by atoms with Gasteiger partial charge in [-0.1, -0.05) is 17.8 Å². The molecule has 2 N–H and O–H groups in total. The van der Waals surface area contributed by atoms with Gasteiger partial charge in [0, 0.05) is 48.8 Å². The first-order chi connectivity index (χ1) is 14.7. The van der Waals surface area contributed by atoms with Crippen molar-refractivity contribution in [3.63, 3.8) is 0 Å². The van der Waals surface area contributed by atoms with Crippen LogP contribution in [-0.4, -0.2) is 46.5 Å². The van der Waals surface area contributed by atoms with Crippen LogP contribution in [0, 0.1) is 0 Å². The lowest BCUT2D eigenvalue weighted by Gasteiger charge is -2.17. The molecule has 1 aromatic heterocycles. The van der Waals surface area contributed by atoms with E-state index in [0.29, 0.717) is 5.17 Å². The third-order valence-electron chi connectivity index (χ3n) is 4.81. The van der Waals surface area contributed by atoms with E-state index in [-0.39, 0.29) is 18.2 Å². The zero-order valence-electron chi connectivity index (χ0n) is 16.3. The Bertz CT molecular complexity index is 955. The lowest BCUT2D eigenvalue weighted by atomic mass is 10.2. The average Bonchev–Trinajstić information content (AvgIpc) is 3.40. The van der Waals surface area contributed by atoms with Crippen molar-refractivity contribution in [1.29, 1.82) is 0 Å². The molecule has 4 rings (SSSR count). The van der Waals surface area contributed by atoms with E-state index in [4.69, 9.17) is 0 Å². The summed E-state index contributed by atoms with van der Waals surface area (Å²) in [5.74, 6) is -0.452. The Hall–Kier alpha value is -3.20. The fourth-order valence-corrected chi connectivity index (χ4v) is 4.22. The number of aromatic nitrogens is 1. The first kappa shape index (κ1) is 20.1. The Morgan fingerprint density at radius 2 is 2.07 bits per heavy atom. The molecule has 0 spiro atoms. The summed E-state index contributed by atoms with van der Waals surface area (Å²) >= 11 is 1.20. The Morgan fingerprint density at radius 1 is 1.27 bits per heavy atom. The van der Waals surface area contributed by atoms with E-state index < -0.39 is 5.25 Å². The summed E-state index contributed by atoms with van der Waals surface area (Å²) in [5.41, 5.74) is 2.70. The van der Waals surface area contributed by atoms with Crippen LogP contribution in [0.3, 0.4) is 0 Å². The van der Waals surface area contributed by atoms with Crippen LogP contribution >= 0.6 is 11.8 Å². The van der Waals surface area contributed by atoms with Crippen molar-refractivity contribution < 1.29 is 9.59 Å². The van der Waals surface area contributed by atoms with Gasteiger partial charge in [-0.3, -0.25) is 14.6 Å². The van der Waals surface area contributed by atoms with Gasteiger partial charge < -0.3 is 15.5 Å². The van der Waals surface area contributed by atoms with Crippen LogP contribution < -0.4 is 15.5 Å². The van der Waals surface area contributed by atoms with E-state index in [1.54, 1.807) is 24.7 Å². The smallest absolute Gasteiger partial charge is 0.240 e. The van der Waals surface area contributed by atoms with Gasteiger partial charge in [-0.2, -0.15) is 5.10 Å². The second-order valence-corrected chi connectivity index (χ2v) is 8.22. The number of carbonyl (C=O) groups excluding carboxylic acids is 2. The molecule has 3 heterocycles. The highest BCUT2D eigenvalue weighted by atomic mass is 32.2. The van der Waals surface area contributed by atoms with E-state index in [0.717, 1.165) is 24.3 Å². The molecule has 154 valence electrons. The van der Waals surface area contributed by atoms with Crippen LogP contribution in [0.5, 0.6) is 0 Å². The number of pyridine rings is 1. The molecule has 9 heteroatoms. The first-order valence-corrected chi connectivity index (χ1v) is 10.7. The lowest BCUT2D eigenvalue weighted by Crippen LogP contribution is -2.28. The Balaban J connectivity index is 1.28. The number of nitrogens with zero attached hydrogens (tertiary/aromatic N) is 4. The van der Waals surface area contributed by atoms with Crippen LogP contribution in [0.1, 0.15) is 24.8 Å². The van der Waals surface area contributed by atoms with Crippen molar-refractivity contribution in [2.45, 2.75) is 24.5 Å². The molecule has 0 saturated carbocycles. The predicted octanol–water partition coefficient (Wildman–Crippen LogP) is 2.63. The molecule has 0 aliphatic carbocycles. The monoisotopic (exact) mass is 422 g/mol. The van der Waals surface area contributed by atoms with Crippen LogP contribution in [-0.2, 0) is 9.59 Å². The lowest BCUT2D eigenvalue weighted by molar-refractivity contribution is -0.122. The summed E-state index contributed by atoms with van der Waals surface area (Å²) in [6, 6.07) is 11.5. The Labute approximate surface area is 178 Å². The molecule has 1 atom stereocenters. The second-order valence-electron chi connectivity index (χ2n) is 7.03. The summed E-state index contributed by atoms with van der Waals surface area (Å²) in [5, 5.41) is 13.3. The molecule has 8 nitrogen and oxygen atoms in total. The normalized spacial score (nSPS) is 20.1. The molecule has 2 fully saturated rings. The molecule has 1 aromatic carbocycles. The van der Waals surface area contributed by atoms with Crippen molar-refractivity contribution in [3.8, 4) is 0 Å². The van der Waals surface area contributed by atoms with Crippen LogP contribution in [0.15, 0.2) is 59.0 Å². The van der Waals surface area contributed by atoms with Gasteiger partial charge in [0.05, 0.1) is 6.21 Å². The number of nitrogens with one attached hydrogen (secondary N) is 2. The van der Waals surface area contributed by atoms with Crippen molar-refractivity contribution >= 4 is 46.3 Å². The largest absolute Gasteiger partial charge is 0.372 e. The Morgan fingerprint density at radius 3 is 2.80 bits per heavy atom. The van der Waals surface area contributed by atoms with E-state index in [1.165, 1.54) is 30.3 Å². The number of amides is 2. The van der Waals surface area contributed by atoms with Gasteiger partial charge in [-0.05, 0) is 43.2 Å². The van der Waals surface area contributed by atoms with E-state index in [1.807, 2.05) is 30.3 Å². The predicted molar refractivity (Wildman–Crippen MR) is 120 cm³/mol. The number of thioether (sulfide) groups is 1. The average molecular weight is 423 g/mol. The van der Waals surface area contributed by atoms with Crippen molar-refractivity contribution in [1.82, 2.24) is 10.3 Å². The third-order valence-corrected chi connectivity index (χ3v) is 5.88. The zero-order valence-corrected chi connectivity index (χ0v) is 17.1. The van der Waals surface area contributed by atoms with Gasteiger partial charge in [0.2, 0.25) is 11.8 Å². The first-order valence-electron chi connectivity index (χ1n) is 9.81. The zero-order chi connectivity index (χ0) is 20.8. The van der Waals surface area contributed by atoms with Gasteiger partial charge in [-0.15, -0.1) is 5.10 Å².